The number of hydrogen-bond acceptors (Lipinski definition) is 5. The predicted octanol–water partition coefficient (Wildman–Crippen LogP) is 2.12. The maximum atomic E-state index is 4.76. The molecule has 0 atom stereocenters. The predicted molar refractivity (Wildman–Crippen MR) is 77.3 cm³/mol. The summed E-state index contributed by atoms with van der Waals surface area (Å²) in [6.45, 7) is 1.78. The van der Waals surface area contributed by atoms with Crippen molar-refractivity contribution in [3.63, 3.8) is 0 Å². The second-order valence-corrected chi connectivity index (χ2v) is 5.68. The highest BCUT2D eigenvalue weighted by atomic mass is 16.6. The molecule has 3 aromatic rings. The van der Waals surface area contributed by atoms with Crippen LogP contribution in [0.15, 0.2) is 35.2 Å². The van der Waals surface area contributed by atoms with Gasteiger partial charge in [-0.1, -0.05) is 6.07 Å². The van der Waals surface area contributed by atoms with Crippen LogP contribution in [0.4, 0.5) is 0 Å². The molecule has 1 saturated carbocycles. The van der Waals surface area contributed by atoms with Crippen LogP contribution in [0.2, 0.25) is 0 Å². The highest BCUT2D eigenvalue weighted by molar-refractivity contribution is 5.73. The summed E-state index contributed by atoms with van der Waals surface area (Å²) in [6.07, 6.45) is 6.40. The molecule has 108 valence electrons. The fraction of sp³-hybridized carbons (Fsp3) is 0.400. The molecule has 0 amide bonds. The topological polar surface area (TPSA) is 60.0 Å². The number of nitrogens with zero attached hydrogens (tertiary/aromatic N) is 5. The minimum Gasteiger partial charge on any atom is -0.337 e. The molecule has 0 aliphatic heterocycles. The normalized spacial score (nSPS) is 15.1. The van der Waals surface area contributed by atoms with E-state index in [0.29, 0.717) is 6.04 Å². The third-order valence-electron chi connectivity index (χ3n) is 4.03. The fourth-order valence-corrected chi connectivity index (χ4v) is 2.64. The molecule has 1 aliphatic rings. The zero-order valence-electron chi connectivity index (χ0n) is 11.9. The standard InChI is InChI=1S/C15H17N5O/c1-19-7-6-16-15(19)10-20(12-3-4-12)9-11-2-5-13-14(8-11)18-21-17-13/h2,5-8,12H,3-4,9-10H2,1H3. The summed E-state index contributed by atoms with van der Waals surface area (Å²) in [7, 11) is 2.04. The third-order valence-corrected chi connectivity index (χ3v) is 4.03. The Morgan fingerprint density at radius 2 is 2.10 bits per heavy atom. The van der Waals surface area contributed by atoms with Gasteiger partial charge in [-0.3, -0.25) is 4.90 Å². The van der Waals surface area contributed by atoms with Crippen LogP contribution < -0.4 is 0 Å². The van der Waals surface area contributed by atoms with Crippen LogP contribution in [-0.4, -0.2) is 30.8 Å². The number of imidazole rings is 1. The first-order chi connectivity index (χ1) is 10.3. The van der Waals surface area contributed by atoms with Crippen LogP contribution in [0.25, 0.3) is 11.0 Å². The average molecular weight is 283 g/mol. The Labute approximate surface area is 122 Å². The summed E-state index contributed by atoms with van der Waals surface area (Å²) in [6, 6.07) is 6.79. The number of rotatable bonds is 5. The first-order valence-electron chi connectivity index (χ1n) is 7.21. The van der Waals surface area contributed by atoms with Gasteiger partial charge in [-0.15, -0.1) is 0 Å². The Hall–Kier alpha value is -2.21. The summed E-state index contributed by atoms with van der Waals surface area (Å²) < 4.78 is 6.84. The Kier molecular flexibility index (Phi) is 2.96. The van der Waals surface area contributed by atoms with Gasteiger partial charge in [0.25, 0.3) is 0 Å². The molecule has 0 spiro atoms. The van der Waals surface area contributed by atoms with Crippen molar-refractivity contribution < 1.29 is 4.63 Å². The minimum atomic E-state index is 0.674. The molecule has 6 nitrogen and oxygen atoms in total. The SMILES string of the molecule is Cn1ccnc1CN(Cc1ccc2nonc2c1)C1CC1. The van der Waals surface area contributed by atoms with Crippen LogP contribution in [0.3, 0.4) is 0 Å². The van der Waals surface area contributed by atoms with Gasteiger partial charge in [-0.25, -0.2) is 9.61 Å². The Morgan fingerprint density at radius 3 is 2.86 bits per heavy atom. The molecule has 6 heteroatoms. The lowest BCUT2D eigenvalue weighted by Crippen LogP contribution is -2.26. The van der Waals surface area contributed by atoms with E-state index in [4.69, 9.17) is 4.63 Å². The van der Waals surface area contributed by atoms with Crippen molar-refractivity contribution >= 4 is 11.0 Å². The van der Waals surface area contributed by atoms with E-state index >= 15 is 0 Å². The van der Waals surface area contributed by atoms with Crippen molar-refractivity contribution in [3.8, 4) is 0 Å². The van der Waals surface area contributed by atoms with Crippen LogP contribution >= 0.6 is 0 Å². The smallest absolute Gasteiger partial charge is 0.135 e. The molecule has 1 aromatic carbocycles. The van der Waals surface area contributed by atoms with Crippen LogP contribution in [0, 0.1) is 0 Å². The lowest BCUT2D eigenvalue weighted by Gasteiger charge is -2.21. The Balaban J connectivity index is 1.55. The first-order valence-corrected chi connectivity index (χ1v) is 7.21. The molecule has 4 rings (SSSR count). The van der Waals surface area contributed by atoms with E-state index in [2.05, 4.69) is 36.9 Å². The Bertz CT molecular complexity index is 758. The zero-order valence-corrected chi connectivity index (χ0v) is 11.9. The van der Waals surface area contributed by atoms with E-state index in [-0.39, 0.29) is 0 Å². The fourth-order valence-electron chi connectivity index (χ4n) is 2.64. The summed E-state index contributed by atoms with van der Waals surface area (Å²) >= 11 is 0. The van der Waals surface area contributed by atoms with Crippen molar-refractivity contribution in [3.05, 3.63) is 42.0 Å². The van der Waals surface area contributed by atoms with Gasteiger partial charge in [-0.2, -0.15) is 0 Å². The number of fused-ring (bicyclic) bond motifs is 1. The minimum absolute atomic E-state index is 0.674. The van der Waals surface area contributed by atoms with Gasteiger partial charge in [0.2, 0.25) is 0 Å². The average Bonchev–Trinajstić information content (AvgIpc) is 3.10. The third kappa shape index (κ3) is 2.54. The van der Waals surface area contributed by atoms with Crippen molar-refractivity contribution in [2.45, 2.75) is 32.0 Å². The van der Waals surface area contributed by atoms with E-state index in [0.717, 1.165) is 29.9 Å². The first kappa shape index (κ1) is 12.5. The number of aromatic nitrogens is 4. The molecule has 2 aromatic heterocycles. The molecule has 1 aliphatic carbocycles. The molecule has 0 saturated heterocycles. The molecule has 1 fully saturated rings. The number of benzene rings is 1. The van der Waals surface area contributed by atoms with Gasteiger partial charge >= 0.3 is 0 Å². The highest BCUT2D eigenvalue weighted by Crippen LogP contribution is 2.29. The van der Waals surface area contributed by atoms with Crippen LogP contribution in [0.5, 0.6) is 0 Å². The van der Waals surface area contributed by atoms with E-state index in [1.54, 1.807) is 0 Å². The van der Waals surface area contributed by atoms with Crippen molar-refractivity contribution in [1.29, 1.82) is 0 Å². The Morgan fingerprint density at radius 1 is 1.24 bits per heavy atom. The van der Waals surface area contributed by atoms with Crippen LogP contribution in [0.1, 0.15) is 24.2 Å². The van der Waals surface area contributed by atoms with E-state index in [9.17, 15) is 0 Å². The van der Waals surface area contributed by atoms with Crippen molar-refractivity contribution in [2.24, 2.45) is 7.05 Å². The van der Waals surface area contributed by atoms with E-state index < -0.39 is 0 Å². The molecule has 0 unspecified atom stereocenters. The van der Waals surface area contributed by atoms with Crippen LogP contribution in [-0.2, 0) is 20.1 Å². The number of hydrogen-bond donors (Lipinski definition) is 0. The van der Waals surface area contributed by atoms with Gasteiger partial charge in [0.1, 0.15) is 16.9 Å². The second kappa shape index (κ2) is 4.96. The lowest BCUT2D eigenvalue weighted by molar-refractivity contribution is 0.237. The largest absolute Gasteiger partial charge is 0.337 e. The summed E-state index contributed by atoms with van der Waals surface area (Å²) in [5.41, 5.74) is 2.86. The molecule has 0 N–H and O–H groups in total. The summed E-state index contributed by atoms with van der Waals surface area (Å²) in [5, 5.41) is 7.76. The highest BCUT2D eigenvalue weighted by Gasteiger charge is 2.29. The van der Waals surface area contributed by atoms with Gasteiger partial charge in [0.15, 0.2) is 0 Å². The molecule has 21 heavy (non-hydrogen) atoms. The van der Waals surface area contributed by atoms with Gasteiger partial charge in [0, 0.05) is 32.0 Å². The molecule has 0 radical (unpaired) electrons. The molecule has 2 heterocycles. The molecule has 0 bridgehead atoms. The van der Waals surface area contributed by atoms with Gasteiger partial charge in [-0.05, 0) is 40.9 Å². The quantitative estimate of drug-likeness (QED) is 0.718. The monoisotopic (exact) mass is 283 g/mol. The molecular weight excluding hydrogens is 266 g/mol. The summed E-state index contributed by atoms with van der Waals surface area (Å²) in [5.74, 6) is 1.10. The van der Waals surface area contributed by atoms with Crippen molar-refractivity contribution in [1.82, 2.24) is 24.8 Å². The lowest BCUT2D eigenvalue weighted by atomic mass is 10.2. The summed E-state index contributed by atoms with van der Waals surface area (Å²) in [4.78, 5) is 6.92. The molecular formula is C15H17N5O. The second-order valence-electron chi connectivity index (χ2n) is 5.68. The van der Waals surface area contributed by atoms with Crippen molar-refractivity contribution in [2.75, 3.05) is 0 Å². The number of aryl methyl sites for hydroxylation is 1. The maximum Gasteiger partial charge on any atom is 0.135 e. The van der Waals surface area contributed by atoms with E-state index in [1.165, 1.54) is 18.4 Å². The van der Waals surface area contributed by atoms with Gasteiger partial charge < -0.3 is 4.57 Å². The van der Waals surface area contributed by atoms with E-state index in [1.807, 2.05) is 25.5 Å². The zero-order chi connectivity index (χ0) is 14.2. The van der Waals surface area contributed by atoms with Gasteiger partial charge in [0.05, 0.1) is 6.54 Å². The maximum absolute atomic E-state index is 4.76.